The zero-order valence-corrected chi connectivity index (χ0v) is 16.9. The first-order valence-corrected chi connectivity index (χ1v) is 9.97. The third kappa shape index (κ3) is 4.14. The van der Waals surface area contributed by atoms with Crippen LogP contribution in [0, 0.1) is 17.8 Å². The third-order valence-corrected chi connectivity index (χ3v) is 5.84. The van der Waals surface area contributed by atoms with E-state index in [0.717, 1.165) is 0 Å². The van der Waals surface area contributed by atoms with Gasteiger partial charge >= 0.3 is 6.09 Å². The summed E-state index contributed by atoms with van der Waals surface area (Å²) in [7, 11) is 0. The third-order valence-electron chi connectivity index (χ3n) is 5.84. The number of epoxide rings is 1. The van der Waals surface area contributed by atoms with Crippen LogP contribution in [-0.2, 0) is 19.1 Å². The number of nitrogens with one attached hydrogen (secondary N) is 1. The zero-order valence-electron chi connectivity index (χ0n) is 16.9. The molecule has 0 saturated carbocycles. The number of hydrogen-bond acceptors (Lipinski definition) is 7. The lowest BCUT2D eigenvalue weighted by atomic mass is 9.91. The van der Waals surface area contributed by atoms with Crippen molar-refractivity contribution in [2.75, 3.05) is 36.0 Å². The number of carbonyl (C=O) groups is 3. The number of benzene rings is 1. The van der Waals surface area contributed by atoms with E-state index in [1.807, 2.05) is 4.90 Å². The molecule has 2 amide bonds. The van der Waals surface area contributed by atoms with E-state index in [0.29, 0.717) is 37.3 Å². The van der Waals surface area contributed by atoms with E-state index in [4.69, 9.17) is 14.6 Å². The fourth-order valence-corrected chi connectivity index (χ4v) is 4.14. The zero-order chi connectivity index (χ0) is 22.2. The highest BCUT2D eigenvalue weighted by Crippen LogP contribution is 2.46. The van der Waals surface area contributed by atoms with Crippen LogP contribution in [0.2, 0.25) is 0 Å². The van der Waals surface area contributed by atoms with Gasteiger partial charge in [0, 0.05) is 25.9 Å². The fraction of sp³-hybridized carbons (Fsp3) is 0.476. The number of Topliss-reactive ketones (excluding diaryl/α,β-unsaturated/α-hetero) is 1. The second-order valence-corrected chi connectivity index (χ2v) is 7.84. The largest absolute Gasteiger partial charge is 0.462 e. The summed E-state index contributed by atoms with van der Waals surface area (Å²) in [5.41, 5.74) is 0.208. The van der Waals surface area contributed by atoms with Crippen molar-refractivity contribution in [3.05, 3.63) is 24.0 Å². The summed E-state index contributed by atoms with van der Waals surface area (Å²) in [6.45, 7) is 2.78. The highest BCUT2D eigenvalue weighted by molar-refractivity contribution is 6.01. The van der Waals surface area contributed by atoms with E-state index in [1.54, 1.807) is 18.2 Å². The number of rotatable bonds is 5. The Bertz CT molecular complexity index is 979. The van der Waals surface area contributed by atoms with E-state index in [2.05, 4.69) is 11.2 Å². The summed E-state index contributed by atoms with van der Waals surface area (Å²) < 4.78 is 25.6. The number of aliphatic hydroxyl groups is 1. The van der Waals surface area contributed by atoms with Crippen molar-refractivity contribution in [2.45, 2.75) is 37.6 Å². The Labute approximate surface area is 178 Å². The molecule has 3 heterocycles. The Hall–Kier alpha value is -3.32. The minimum Gasteiger partial charge on any atom is -0.462 e. The smallest absolute Gasteiger partial charge is 0.414 e. The van der Waals surface area contributed by atoms with Crippen LogP contribution < -0.4 is 15.1 Å². The SMILES string of the molecule is CC(=O)NC[C@H]1CN(c2ccc(N3CCC4(CC3)OC4C(=O)C#CO)c(F)c2)C(=O)O1. The second kappa shape index (κ2) is 8.07. The molecule has 0 radical (unpaired) electrons. The van der Waals surface area contributed by atoms with Crippen LogP contribution in [0.1, 0.15) is 19.8 Å². The molecule has 1 aromatic carbocycles. The number of ketones is 1. The van der Waals surface area contributed by atoms with Gasteiger partial charge in [-0.15, -0.1) is 0 Å². The first-order valence-electron chi connectivity index (χ1n) is 9.97. The molecule has 1 spiro atoms. The topological polar surface area (TPSA) is 112 Å². The lowest BCUT2D eigenvalue weighted by Gasteiger charge is -2.32. The summed E-state index contributed by atoms with van der Waals surface area (Å²) in [6.07, 6.45) is 0.972. The molecule has 2 N–H and O–H groups in total. The molecule has 31 heavy (non-hydrogen) atoms. The second-order valence-electron chi connectivity index (χ2n) is 7.84. The van der Waals surface area contributed by atoms with Crippen LogP contribution in [0.15, 0.2) is 18.2 Å². The predicted octanol–water partition coefficient (Wildman–Crippen LogP) is 0.927. The number of cyclic esters (lactones) is 1. The Kier molecular flexibility index (Phi) is 5.45. The number of halogens is 1. The molecule has 3 saturated heterocycles. The molecule has 0 bridgehead atoms. The van der Waals surface area contributed by atoms with Crippen LogP contribution >= 0.6 is 0 Å². The summed E-state index contributed by atoms with van der Waals surface area (Å²) in [4.78, 5) is 38.1. The maximum atomic E-state index is 14.9. The molecule has 164 valence electrons. The van der Waals surface area contributed by atoms with Crippen molar-refractivity contribution in [3.8, 4) is 12.0 Å². The van der Waals surface area contributed by atoms with Crippen molar-refractivity contribution in [1.82, 2.24) is 5.32 Å². The molecule has 1 unspecified atom stereocenters. The average molecular weight is 431 g/mol. The summed E-state index contributed by atoms with van der Waals surface area (Å²) in [5.74, 6) is 0.954. The highest BCUT2D eigenvalue weighted by Gasteiger charge is 2.60. The molecule has 3 fully saturated rings. The first kappa shape index (κ1) is 20.9. The van der Waals surface area contributed by atoms with Crippen molar-refractivity contribution in [3.63, 3.8) is 0 Å². The van der Waals surface area contributed by atoms with Gasteiger partial charge in [0.15, 0.2) is 6.10 Å². The Morgan fingerprint density at radius 1 is 1.35 bits per heavy atom. The number of amides is 2. The van der Waals surface area contributed by atoms with Crippen LogP contribution in [0.3, 0.4) is 0 Å². The molecule has 10 heteroatoms. The highest BCUT2D eigenvalue weighted by atomic mass is 19.1. The predicted molar refractivity (Wildman–Crippen MR) is 106 cm³/mol. The number of piperidine rings is 1. The Balaban J connectivity index is 1.38. The van der Waals surface area contributed by atoms with Gasteiger partial charge in [0.05, 0.1) is 24.5 Å². The fourth-order valence-electron chi connectivity index (χ4n) is 4.14. The van der Waals surface area contributed by atoms with Gasteiger partial charge in [0.1, 0.15) is 23.6 Å². The number of hydrogen-bond donors (Lipinski definition) is 2. The van der Waals surface area contributed by atoms with E-state index >= 15 is 0 Å². The van der Waals surface area contributed by atoms with Gasteiger partial charge in [-0.2, -0.15) is 0 Å². The Morgan fingerprint density at radius 3 is 2.74 bits per heavy atom. The summed E-state index contributed by atoms with van der Waals surface area (Å²) in [5, 5.41) is 11.2. The van der Waals surface area contributed by atoms with Crippen LogP contribution in [0.4, 0.5) is 20.6 Å². The number of ether oxygens (including phenoxy) is 2. The minimum atomic E-state index is -0.631. The maximum Gasteiger partial charge on any atom is 0.414 e. The lowest BCUT2D eigenvalue weighted by Crippen LogP contribution is -2.40. The molecule has 4 rings (SSSR count). The first-order chi connectivity index (χ1) is 14.8. The van der Waals surface area contributed by atoms with Gasteiger partial charge in [-0.3, -0.25) is 14.5 Å². The van der Waals surface area contributed by atoms with E-state index < -0.39 is 35.5 Å². The normalized spacial score (nSPS) is 23.7. The van der Waals surface area contributed by atoms with Gasteiger partial charge in [-0.25, -0.2) is 9.18 Å². The van der Waals surface area contributed by atoms with Crippen molar-refractivity contribution in [1.29, 1.82) is 0 Å². The minimum absolute atomic E-state index is 0.198. The molecular formula is C21H22FN3O6. The van der Waals surface area contributed by atoms with Crippen LogP contribution in [0.25, 0.3) is 0 Å². The Morgan fingerprint density at radius 2 is 2.10 bits per heavy atom. The number of nitrogens with zero attached hydrogens (tertiary/aromatic N) is 2. The standard InChI is InChI=1S/C21H22FN3O6/c1-13(27)23-11-15-12-25(20(29)30-15)14-2-3-17(16(22)10-14)24-7-5-21(6-8-24)19(31-21)18(28)4-9-26/h2-3,10,15,19,26H,5-8,11-12H2,1H3,(H,23,27)/t15-,19?/m0/s1. The summed E-state index contributed by atoms with van der Waals surface area (Å²) >= 11 is 0. The van der Waals surface area contributed by atoms with Crippen molar-refractivity contribution in [2.24, 2.45) is 0 Å². The van der Waals surface area contributed by atoms with Crippen molar-refractivity contribution < 1.29 is 33.4 Å². The maximum absolute atomic E-state index is 14.9. The van der Waals surface area contributed by atoms with E-state index in [1.165, 1.54) is 17.9 Å². The molecule has 3 aliphatic rings. The van der Waals surface area contributed by atoms with Gasteiger partial charge in [-0.05, 0) is 31.0 Å². The number of aliphatic hydroxyl groups excluding tert-OH is 1. The molecule has 9 nitrogen and oxygen atoms in total. The van der Waals surface area contributed by atoms with Crippen molar-refractivity contribution >= 4 is 29.2 Å². The molecule has 2 atom stereocenters. The molecule has 1 aromatic rings. The molecular weight excluding hydrogens is 409 g/mol. The number of carbonyl (C=O) groups excluding carboxylic acids is 3. The summed E-state index contributed by atoms with van der Waals surface area (Å²) in [6, 6.07) is 4.56. The average Bonchev–Trinajstić information content (AvgIpc) is 3.30. The number of anilines is 2. The van der Waals surface area contributed by atoms with Gasteiger partial charge in [-0.1, -0.05) is 0 Å². The molecule has 0 aromatic heterocycles. The monoisotopic (exact) mass is 431 g/mol. The lowest BCUT2D eigenvalue weighted by molar-refractivity contribution is -0.119. The molecule has 3 aliphatic heterocycles. The van der Waals surface area contributed by atoms with E-state index in [-0.39, 0.29) is 19.0 Å². The van der Waals surface area contributed by atoms with Gasteiger partial charge in [0.2, 0.25) is 11.7 Å². The quantitative estimate of drug-likeness (QED) is 0.527. The molecule has 0 aliphatic carbocycles. The van der Waals surface area contributed by atoms with Crippen LogP contribution in [0.5, 0.6) is 0 Å². The van der Waals surface area contributed by atoms with Gasteiger partial charge < -0.3 is 24.8 Å². The van der Waals surface area contributed by atoms with Crippen LogP contribution in [-0.4, -0.2) is 66.9 Å². The van der Waals surface area contributed by atoms with Gasteiger partial charge in [0.25, 0.3) is 0 Å². The van der Waals surface area contributed by atoms with E-state index in [9.17, 15) is 18.8 Å².